The van der Waals surface area contributed by atoms with Crippen molar-refractivity contribution in [2.45, 2.75) is 26.2 Å². The Balaban J connectivity index is 2.13. The number of hydrogen-bond acceptors (Lipinski definition) is 3. The van der Waals surface area contributed by atoms with E-state index in [-0.39, 0.29) is 5.91 Å². The van der Waals surface area contributed by atoms with E-state index in [0.717, 1.165) is 24.8 Å². The number of rotatable bonds is 5. The Morgan fingerprint density at radius 2 is 2.10 bits per heavy atom. The number of thiocarbonyl (C=S) groups is 1. The van der Waals surface area contributed by atoms with Crippen LogP contribution in [0.1, 0.15) is 31.7 Å². The van der Waals surface area contributed by atoms with Crippen molar-refractivity contribution in [2.24, 2.45) is 0 Å². The molecule has 1 heterocycles. The second-order valence-electron chi connectivity index (χ2n) is 4.56. The molecule has 1 amide bonds. The number of thioether (sulfide) groups is 1. The van der Waals surface area contributed by atoms with Crippen molar-refractivity contribution in [3.05, 3.63) is 39.8 Å². The van der Waals surface area contributed by atoms with Gasteiger partial charge >= 0.3 is 0 Å². The highest BCUT2D eigenvalue weighted by molar-refractivity contribution is 8.26. The first-order valence-corrected chi connectivity index (χ1v) is 8.23. The third-order valence-electron chi connectivity index (χ3n) is 3.05. The molecule has 0 unspecified atom stereocenters. The van der Waals surface area contributed by atoms with E-state index in [9.17, 15) is 4.79 Å². The topological polar surface area (TPSA) is 20.3 Å². The zero-order valence-corrected chi connectivity index (χ0v) is 13.7. The monoisotopic (exact) mass is 325 g/mol. The van der Waals surface area contributed by atoms with E-state index in [2.05, 4.69) is 6.92 Å². The molecule has 0 saturated carbocycles. The zero-order valence-electron chi connectivity index (χ0n) is 11.3. The lowest BCUT2D eigenvalue weighted by Gasteiger charge is -2.13. The van der Waals surface area contributed by atoms with Gasteiger partial charge in [-0.2, -0.15) is 0 Å². The molecule has 0 bridgehead atoms. The molecule has 1 saturated heterocycles. The predicted molar refractivity (Wildman–Crippen MR) is 90.9 cm³/mol. The fraction of sp³-hybridized carbons (Fsp3) is 0.333. The van der Waals surface area contributed by atoms with Gasteiger partial charge in [-0.25, -0.2) is 0 Å². The van der Waals surface area contributed by atoms with Crippen LogP contribution in [0, 0.1) is 0 Å². The lowest BCUT2D eigenvalue weighted by atomic mass is 10.2. The van der Waals surface area contributed by atoms with Gasteiger partial charge in [-0.05, 0) is 24.1 Å². The van der Waals surface area contributed by atoms with E-state index in [1.807, 2.05) is 30.3 Å². The average molecular weight is 326 g/mol. The van der Waals surface area contributed by atoms with Gasteiger partial charge in [0.05, 0.1) is 4.91 Å². The Hall–Kier alpha value is -0.840. The average Bonchev–Trinajstić information content (AvgIpc) is 2.69. The zero-order chi connectivity index (χ0) is 14.5. The molecule has 1 aromatic rings. The summed E-state index contributed by atoms with van der Waals surface area (Å²) in [6, 6.07) is 7.48. The quantitative estimate of drug-likeness (QED) is 0.443. The van der Waals surface area contributed by atoms with Crippen molar-refractivity contribution in [1.29, 1.82) is 0 Å². The van der Waals surface area contributed by atoms with E-state index in [1.54, 1.807) is 4.90 Å². The molecule has 1 aromatic carbocycles. The molecule has 1 fully saturated rings. The highest BCUT2D eigenvalue weighted by atomic mass is 35.5. The second kappa shape index (κ2) is 7.25. The summed E-state index contributed by atoms with van der Waals surface area (Å²) in [5.74, 6) is -0.00368. The molecule has 0 radical (unpaired) electrons. The molecule has 0 N–H and O–H groups in total. The van der Waals surface area contributed by atoms with Gasteiger partial charge in [0.1, 0.15) is 4.32 Å². The van der Waals surface area contributed by atoms with Crippen molar-refractivity contribution in [3.8, 4) is 0 Å². The molecule has 0 atom stereocenters. The van der Waals surface area contributed by atoms with Gasteiger partial charge in [-0.1, -0.05) is 73.5 Å². The number of carbonyl (C=O) groups is 1. The highest BCUT2D eigenvalue weighted by Crippen LogP contribution is 2.33. The number of hydrogen-bond donors (Lipinski definition) is 0. The maximum atomic E-state index is 12.3. The van der Waals surface area contributed by atoms with Crippen LogP contribution in [0.2, 0.25) is 5.02 Å². The number of amides is 1. The van der Waals surface area contributed by atoms with Crippen LogP contribution in [0.5, 0.6) is 0 Å². The van der Waals surface area contributed by atoms with Crippen molar-refractivity contribution < 1.29 is 4.79 Å². The lowest BCUT2D eigenvalue weighted by molar-refractivity contribution is -0.122. The Morgan fingerprint density at radius 1 is 1.35 bits per heavy atom. The van der Waals surface area contributed by atoms with Gasteiger partial charge in [0.15, 0.2) is 0 Å². The minimum Gasteiger partial charge on any atom is -0.293 e. The summed E-state index contributed by atoms with van der Waals surface area (Å²) >= 11 is 12.8. The van der Waals surface area contributed by atoms with Gasteiger partial charge in [-0.3, -0.25) is 9.69 Å². The summed E-state index contributed by atoms with van der Waals surface area (Å²) in [7, 11) is 0. The molecule has 20 heavy (non-hydrogen) atoms. The predicted octanol–water partition coefficient (Wildman–Crippen LogP) is 4.73. The molecular weight excluding hydrogens is 310 g/mol. The van der Waals surface area contributed by atoms with Crippen LogP contribution in [-0.4, -0.2) is 21.7 Å². The summed E-state index contributed by atoms with van der Waals surface area (Å²) in [4.78, 5) is 14.7. The number of carbonyl (C=O) groups excluding carboxylic acids is 1. The molecular formula is C15H16ClNOS2. The fourth-order valence-electron chi connectivity index (χ4n) is 1.95. The first-order chi connectivity index (χ1) is 9.63. The standard InChI is InChI=1S/C15H16ClNOS2/c1-2-3-6-9-17-14(18)13(20-15(17)19)10-11-7-4-5-8-12(11)16/h4-5,7-8,10H,2-3,6,9H2,1H3/b13-10+. The Labute approximate surface area is 134 Å². The maximum Gasteiger partial charge on any atom is 0.266 e. The third kappa shape index (κ3) is 3.62. The molecule has 2 rings (SSSR count). The molecule has 2 nitrogen and oxygen atoms in total. The largest absolute Gasteiger partial charge is 0.293 e. The maximum absolute atomic E-state index is 12.3. The van der Waals surface area contributed by atoms with Gasteiger partial charge in [0, 0.05) is 11.6 Å². The van der Waals surface area contributed by atoms with Crippen molar-refractivity contribution in [2.75, 3.05) is 6.54 Å². The molecule has 1 aliphatic rings. The minimum absolute atomic E-state index is 0.00368. The normalized spacial score (nSPS) is 17.3. The number of benzene rings is 1. The molecule has 0 spiro atoms. The van der Waals surface area contributed by atoms with Crippen molar-refractivity contribution in [1.82, 2.24) is 4.90 Å². The minimum atomic E-state index is -0.00368. The fourth-order valence-corrected chi connectivity index (χ4v) is 3.44. The van der Waals surface area contributed by atoms with Gasteiger partial charge in [-0.15, -0.1) is 0 Å². The highest BCUT2D eigenvalue weighted by Gasteiger charge is 2.31. The summed E-state index contributed by atoms with van der Waals surface area (Å²) < 4.78 is 0.643. The number of nitrogens with zero attached hydrogens (tertiary/aromatic N) is 1. The molecule has 1 aliphatic heterocycles. The first kappa shape index (κ1) is 15.5. The van der Waals surface area contributed by atoms with E-state index in [4.69, 9.17) is 23.8 Å². The smallest absolute Gasteiger partial charge is 0.266 e. The van der Waals surface area contributed by atoms with Crippen LogP contribution < -0.4 is 0 Å². The van der Waals surface area contributed by atoms with Crippen LogP contribution >= 0.6 is 35.6 Å². The Kier molecular flexibility index (Phi) is 5.64. The van der Waals surface area contributed by atoms with Gasteiger partial charge in [0.2, 0.25) is 0 Å². The molecule has 5 heteroatoms. The lowest BCUT2D eigenvalue weighted by Crippen LogP contribution is -2.28. The van der Waals surface area contributed by atoms with Crippen molar-refractivity contribution in [3.63, 3.8) is 0 Å². The third-order valence-corrected chi connectivity index (χ3v) is 4.77. The summed E-state index contributed by atoms with van der Waals surface area (Å²) in [6.07, 6.45) is 5.05. The summed E-state index contributed by atoms with van der Waals surface area (Å²) in [5.41, 5.74) is 0.850. The number of unbranched alkanes of at least 4 members (excludes halogenated alkanes) is 2. The van der Waals surface area contributed by atoms with Crippen molar-refractivity contribution >= 4 is 51.9 Å². The van der Waals surface area contributed by atoms with E-state index < -0.39 is 0 Å². The van der Waals surface area contributed by atoms with Crippen LogP contribution in [0.25, 0.3) is 6.08 Å². The number of halogens is 1. The first-order valence-electron chi connectivity index (χ1n) is 6.63. The van der Waals surface area contributed by atoms with E-state index in [0.29, 0.717) is 20.8 Å². The molecule has 106 valence electrons. The van der Waals surface area contributed by atoms with Crippen LogP contribution in [0.15, 0.2) is 29.2 Å². The Morgan fingerprint density at radius 3 is 2.80 bits per heavy atom. The van der Waals surface area contributed by atoms with Crippen LogP contribution in [0.3, 0.4) is 0 Å². The van der Waals surface area contributed by atoms with Crippen LogP contribution in [0.4, 0.5) is 0 Å². The van der Waals surface area contributed by atoms with Crippen LogP contribution in [-0.2, 0) is 4.79 Å². The molecule has 0 aromatic heterocycles. The second-order valence-corrected chi connectivity index (χ2v) is 6.64. The SMILES string of the molecule is CCCCCN1C(=O)/C(=C\c2ccccc2Cl)SC1=S. The van der Waals surface area contributed by atoms with Gasteiger partial charge < -0.3 is 0 Å². The summed E-state index contributed by atoms with van der Waals surface area (Å²) in [6.45, 7) is 2.85. The van der Waals surface area contributed by atoms with Gasteiger partial charge in [0.25, 0.3) is 5.91 Å². The summed E-state index contributed by atoms with van der Waals surface area (Å²) in [5, 5.41) is 0.642. The molecule has 0 aliphatic carbocycles. The van der Waals surface area contributed by atoms with E-state index in [1.165, 1.54) is 11.8 Å². The van der Waals surface area contributed by atoms with E-state index >= 15 is 0 Å². The Bertz CT molecular complexity index is 557.